The zero-order valence-electron chi connectivity index (χ0n) is 17.8. The van der Waals surface area contributed by atoms with Gasteiger partial charge in [0.2, 0.25) is 5.88 Å². The molecule has 2 saturated carbocycles. The number of aliphatic carboxylic acids is 1. The van der Waals surface area contributed by atoms with E-state index >= 15 is 0 Å². The van der Waals surface area contributed by atoms with Crippen LogP contribution in [0.15, 0.2) is 24.4 Å². The predicted octanol–water partition coefficient (Wildman–Crippen LogP) is 4.33. The average molecular weight is 412 g/mol. The number of hydrogen-bond donors (Lipinski definition) is 1. The van der Waals surface area contributed by atoms with Crippen molar-refractivity contribution in [3.63, 3.8) is 0 Å². The first-order valence-corrected chi connectivity index (χ1v) is 10.6. The van der Waals surface area contributed by atoms with E-state index in [1.165, 1.54) is 25.7 Å². The van der Waals surface area contributed by atoms with Gasteiger partial charge >= 0.3 is 5.97 Å². The maximum Gasteiger partial charge on any atom is 0.310 e. The Labute approximate surface area is 176 Å². The van der Waals surface area contributed by atoms with E-state index in [0.717, 1.165) is 11.5 Å². The van der Waals surface area contributed by atoms with Gasteiger partial charge in [-0.15, -0.1) is 5.10 Å². The molecule has 2 aromatic rings. The number of hydrogen-bond acceptors (Lipinski definition) is 6. The summed E-state index contributed by atoms with van der Waals surface area (Å²) in [6.45, 7) is 4.72. The molecule has 0 saturated heterocycles. The molecular weight excluding hydrogens is 382 g/mol. The number of carboxylic acids is 1. The summed E-state index contributed by atoms with van der Waals surface area (Å²) < 4.78 is 11.4. The Balaban J connectivity index is 1.51. The van der Waals surface area contributed by atoms with E-state index in [9.17, 15) is 9.90 Å². The summed E-state index contributed by atoms with van der Waals surface area (Å²) >= 11 is 0. The summed E-state index contributed by atoms with van der Waals surface area (Å²) in [5, 5.41) is 17.7. The molecule has 0 aliphatic heterocycles. The van der Waals surface area contributed by atoms with Crippen LogP contribution in [0.1, 0.15) is 57.6 Å². The maximum absolute atomic E-state index is 11.6. The number of rotatable bonds is 7. The maximum atomic E-state index is 11.6. The molecule has 2 aliphatic rings. The lowest BCUT2D eigenvalue weighted by Gasteiger charge is -2.25. The second kappa shape index (κ2) is 8.20. The van der Waals surface area contributed by atoms with Crippen molar-refractivity contribution in [2.75, 3.05) is 13.7 Å². The van der Waals surface area contributed by atoms with Crippen molar-refractivity contribution in [3.8, 4) is 22.9 Å². The number of carboxylic acid groups (broad SMARTS) is 1. The molecule has 0 unspecified atom stereocenters. The minimum absolute atomic E-state index is 0.163. The second-order valence-corrected chi connectivity index (χ2v) is 8.98. The van der Waals surface area contributed by atoms with Crippen molar-refractivity contribution in [3.05, 3.63) is 30.1 Å². The number of carbonyl (C=O) groups is 1. The van der Waals surface area contributed by atoms with Crippen LogP contribution in [0, 0.1) is 17.3 Å². The van der Waals surface area contributed by atoms with Gasteiger partial charge in [-0.2, -0.15) is 5.10 Å². The fraction of sp³-hybridized carbons (Fsp3) is 0.565. The lowest BCUT2D eigenvalue weighted by Crippen LogP contribution is -2.19. The quantitative estimate of drug-likeness (QED) is 0.724. The van der Waals surface area contributed by atoms with Gasteiger partial charge in [-0.25, -0.2) is 4.98 Å². The molecule has 0 bridgehead atoms. The first kappa shape index (κ1) is 20.6. The zero-order valence-corrected chi connectivity index (χ0v) is 17.8. The fourth-order valence-electron chi connectivity index (χ4n) is 4.30. The molecule has 0 radical (unpaired) electrons. The van der Waals surface area contributed by atoms with Crippen LogP contribution >= 0.6 is 0 Å². The fourth-order valence-corrected chi connectivity index (χ4v) is 4.30. The number of methoxy groups -OCH3 is 1. The second-order valence-electron chi connectivity index (χ2n) is 8.98. The van der Waals surface area contributed by atoms with Crippen molar-refractivity contribution in [1.82, 2.24) is 15.2 Å². The Kier molecular flexibility index (Phi) is 5.62. The van der Waals surface area contributed by atoms with E-state index in [2.05, 4.69) is 17.1 Å². The third kappa shape index (κ3) is 4.11. The minimum atomic E-state index is -0.805. The molecule has 0 spiro atoms. The Morgan fingerprint density at radius 3 is 2.70 bits per heavy atom. The van der Waals surface area contributed by atoms with Gasteiger partial charge in [0.15, 0.2) is 0 Å². The van der Waals surface area contributed by atoms with Crippen LogP contribution in [0.4, 0.5) is 0 Å². The van der Waals surface area contributed by atoms with Gasteiger partial charge in [-0.05, 0) is 50.2 Å². The summed E-state index contributed by atoms with van der Waals surface area (Å²) in [4.78, 5) is 16.3. The van der Waals surface area contributed by atoms with E-state index in [1.807, 2.05) is 18.2 Å². The van der Waals surface area contributed by atoms with Crippen molar-refractivity contribution < 1.29 is 19.4 Å². The molecule has 160 valence electrons. The summed E-state index contributed by atoms with van der Waals surface area (Å²) in [7, 11) is 1.58. The molecule has 0 amide bonds. The average Bonchev–Trinajstić information content (AvgIpc) is 3.46. The van der Waals surface area contributed by atoms with Gasteiger partial charge in [-0.3, -0.25) is 4.79 Å². The Morgan fingerprint density at radius 1 is 1.27 bits per heavy atom. The monoisotopic (exact) mass is 411 g/mol. The highest BCUT2D eigenvalue weighted by atomic mass is 16.5. The predicted molar refractivity (Wildman–Crippen MR) is 112 cm³/mol. The Bertz CT molecular complexity index is 926. The topological polar surface area (TPSA) is 94.4 Å². The molecule has 7 nitrogen and oxygen atoms in total. The highest BCUT2D eigenvalue weighted by molar-refractivity contribution is 5.80. The van der Waals surface area contributed by atoms with Crippen molar-refractivity contribution in [1.29, 1.82) is 0 Å². The molecule has 2 fully saturated rings. The molecule has 30 heavy (non-hydrogen) atoms. The molecule has 2 aromatic heterocycles. The molecular formula is C23H29N3O4. The molecule has 2 atom stereocenters. The molecule has 0 aromatic carbocycles. The van der Waals surface area contributed by atoms with E-state index in [1.54, 1.807) is 20.2 Å². The minimum Gasteiger partial charge on any atom is -0.495 e. The largest absolute Gasteiger partial charge is 0.495 e. The van der Waals surface area contributed by atoms with Crippen LogP contribution in [0.25, 0.3) is 11.3 Å². The van der Waals surface area contributed by atoms with Crippen molar-refractivity contribution in [2.45, 2.75) is 51.9 Å². The van der Waals surface area contributed by atoms with Crippen LogP contribution in [-0.4, -0.2) is 40.0 Å². The zero-order chi connectivity index (χ0) is 21.3. The Morgan fingerprint density at radius 2 is 2.03 bits per heavy atom. The summed E-state index contributed by atoms with van der Waals surface area (Å²) in [6.07, 6.45) is 7.11. The lowest BCUT2D eigenvalue weighted by atomic mass is 9.83. The van der Waals surface area contributed by atoms with E-state index in [-0.39, 0.29) is 5.92 Å². The molecule has 2 aliphatic carbocycles. The van der Waals surface area contributed by atoms with Gasteiger partial charge in [-0.1, -0.05) is 19.8 Å². The van der Waals surface area contributed by atoms with E-state index < -0.39 is 11.4 Å². The summed E-state index contributed by atoms with van der Waals surface area (Å²) in [5.41, 5.74) is 1.38. The number of pyridine rings is 1. The van der Waals surface area contributed by atoms with Gasteiger partial charge in [0.1, 0.15) is 5.75 Å². The van der Waals surface area contributed by atoms with Crippen molar-refractivity contribution in [2.24, 2.45) is 17.3 Å². The van der Waals surface area contributed by atoms with E-state index in [4.69, 9.17) is 14.5 Å². The van der Waals surface area contributed by atoms with E-state index in [0.29, 0.717) is 42.0 Å². The van der Waals surface area contributed by atoms with Crippen LogP contribution in [0.2, 0.25) is 0 Å². The highest BCUT2D eigenvalue weighted by Gasteiger charge is 2.59. The number of aromatic nitrogens is 3. The molecule has 1 N–H and O–H groups in total. The Hall–Kier alpha value is -2.70. The SMILES string of the molecule is COc1ccc(-c2cnnc(OCC3CCC(C)CC3)c2)nc1[C@@H]1C[C@@]1(C)C(=O)O. The first-order valence-electron chi connectivity index (χ1n) is 10.6. The van der Waals surface area contributed by atoms with Crippen molar-refractivity contribution >= 4 is 5.97 Å². The molecule has 4 rings (SSSR count). The summed E-state index contributed by atoms with van der Waals surface area (Å²) in [6, 6.07) is 5.54. The van der Waals surface area contributed by atoms with Crippen LogP contribution < -0.4 is 9.47 Å². The smallest absolute Gasteiger partial charge is 0.310 e. The third-order valence-electron chi connectivity index (χ3n) is 6.69. The standard InChI is InChI=1S/C23H29N3O4/c1-14-4-6-15(7-5-14)13-30-20-10-16(12-24-26-20)18-8-9-19(29-3)21(25-18)17-11-23(17,2)22(27)28/h8-10,12,14-15,17H,4-7,11,13H2,1-3H3,(H,27,28)/t14?,15?,17-,23+/m0/s1. The van der Waals surface area contributed by atoms with Gasteiger partial charge in [0, 0.05) is 17.5 Å². The third-order valence-corrected chi connectivity index (χ3v) is 6.69. The van der Waals surface area contributed by atoms with Crippen LogP contribution in [0.3, 0.4) is 0 Å². The summed E-state index contributed by atoms with van der Waals surface area (Å²) in [5.74, 6) is 1.52. The van der Waals surface area contributed by atoms with Crippen LogP contribution in [-0.2, 0) is 4.79 Å². The highest BCUT2D eigenvalue weighted by Crippen LogP contribution is 2.60. The number of nitrogens with zero attached hydrogens (tertiary/aromatic N) is 3. The lowest BCUT2D eigenvalue weighted by molar-refractivity contribution is -0.142. The van der Waals surface area contributed by atoms with Gasteiger partial charge in [0.25, 0.3) is 0 Å². The molecule has 7 heteroatoms. The molecule has 2 heterocycles. The van der Waals surface area contributed by atoms with Gasteiger partial charge in [0.05, 0.1) is 36.7 Å². The van der Waals surface area contributed by atoms with Crippen LogP contribution in [0.5, 0.6) is 11.6 Å². The van der Waals surface area contributed by atoms with Gasteiger partial charge < -0.3 is 14.6 Å². The normalized spacial score (nSPS) is 28.0. The first-order chi connectivity index (χ1) is 14.4. The number of ether oxygens (including phenoxy) is 2.